The van der Waals surface area contributed by atoms with Gasteiger partial charge in [-0.3, -0.25) is 4.79 Å². The molecule has 3 aliphatic rings. The molecule has 2 fully saturated rings. The first kappa shape index (κ1) is 14.4. The lowest BCUT2D eigenvalue weighted by Gasteiger charge is -2.32. The van der Waals surface area contributed by atoms with Gasteiger partial charge in [0, 0.05) is 17.4 Å². The van der Waals surface area contributed by atoms with E-state index in [0.29, 0.717) is 12.2 Å². The van der Waals surface area contributed by atoms with E-state index in [1.807, 2.05) is 25.2 Å². The van der Waals surface area contributed by atoms with E-state index >= 15 is 0 Å². The van der Waals surface area contributed by atoms with Crippen LogP contribution >= 0.6 is 0 Å². The highest BCUT2D eigenvalue weighted by atomic mass is 16.5. The quantitative estimate of drug-likeness (QED) is 0.508. The predicted molar refractivity (Wildman–Crippen MR) is 77.2 cm³/mol. The summed E-state index contributed by atoms with van der Waals surface area (Å²) < 4.78 is 11.0. The first-order valence-electron chi connectivity index (χ1n) is 7.89. The Balaban J connectivity index is 1.81. The van der Waals surface area contributed by atoms with Crippen LogP contribution in [0.2, 0.25) is 0 Å². The van der Waals surface area contributed by atoms with E-state index in [9.17, 15) is 9.59 Å². The summed E-state index contributed by atoms with van der Waals surface area (Å²) in [5, 5.41) is 0. The molecule has 4 heteroatoms. The van der Waals surface area contributed by atoms with E-state index in [-0.39, 0.29) is 42.2 Å². The zero-order valence-electron chi connectivity index (χ0n) is 12.4. The smallest absolute Gasteiger partial charge is 0.334 e. The fourth-order valence-electron chi connectivity index (χ4n) is 3.50. The molecule has 0 aromatic rings. The van der Waals surface area contributed by atoms with Crippen LogP contribution in [0.5, 0.6) is 0 Å². The van der Waals surface area contributed by atoms with Crippen LogP contribution in [0.15, 0.2) is 23.8 Å². The van der Waals surface area contributed by atoms with Crippen LogP contribution in [-0.4, -0.2) is 25.2 Å². The van der Waals surface area contributed by atoms with Crippen LogP contribution in [0, 0.1) is 23.7 Å². The van der Waals surface area contributed by atoms with Gasteiger partial charge in [0.25, 0.3) is 0 Å². The molecule has 0 bridgehead atoms. The molecule has 114 valence electrons. The van der Waals surface area contributed by atoms with E-state index in [2.05, 4.69) is 0 Å². The largest absolute Gasteiger partial charge is 0.464 e. The monoisotopic (exact) mass is 290 g/mol. The summed E-state index contributed by atoms with van der Waals surface area (Å²) in [4.78, 5) is 24.6. The maximum atomic E-state index is 12.3. The summed E-state index contributed by atoms with van der Waals surface area (Å²) >= 11 is 0. The third-order valence-corrected chi connectivity index (χ3v) is 4.77. The lowest BCUT2D eigenvalue weighted by molar-refractivity contribution is -0.158. The molecule has 2 aliphatic carbocycles. The zero-order valence-corrected chi connectivity index (χ0v) is 12.4. The number of rotatable bonds is 0. The Morgan fingerprint density at radius 1 is 1.05 bits per heavy atom. The van der Waals surface area contributed by atoms with Crippen molar-refractivity contribution in [2.45, 2.75) is 32.6 Å². The topological polar surface area (TPSA) is 52.6 Å². The lowest BCUT2D eigenvalue weighted by atomic mass is 9.79. The van der Waals surface area contributed by atoms with Crippen molar-refractivity contribution in [2.24, 2.45) is 23.7 Å². The third-order valence-electron chi connectivity index (χ3n) is 4.77. The van der Waals surface area contributed by atoms with E-state index in [1.54, 1.807) is 0 Å². The van der Waals surface area contributed by atoms with Crippen molar-refractivity contribution < 1.29 is 19.1 Å². The number of ether oxygens (including phenoxy) is 2. The molecular weight excluding hydrogens is 268 g/mol. The average molecular weight is 290 g/mol. The van der Waals surface area contributed by atoms with Crippen molar-refractivity contribution in [3.8, 4) is 0 Å². The Kier molecular flexibility index (Phi) is 4.13. The van der Waals surface area contributed by atoms with Crippen molar-refractivity contribution in [3.63, 3.8) is 0 Å². The maximum Gasteiger partial charge on any atom is 0.334 e. The molecule has 0 aromatic heterocycles. The molecular formula is C17H22O4. The van der Waals surface area contributed by atoms with Crippen molar-refractivity contribution in [2.75, 3.05) is 13.2 Å². The fourth-order valence-corrected chi connectivity index (χ4v) is 3.50. The average Bonchev–Trinajstić information content (AvgIpc) is 2.50. The molecule has 21 heavy (non-hydrogen) atoms. The Morgan fingerprint density at radius 3 is 2.71 bits per heavy atom. The Morgan fingerprint density at radius 2 is 1.86 bits per heavy atom. The molecule has 3 rings (SSSR count). The second kappa shape index (κ2) is 6.04. The summed E-state index contributed by atoms with van der Waals surface area (Å²) in [5.74, 6) is -0.322. The van der Waals surface area contributed by atoms with Gasteiger partial charge in [-0.15, -0.1) is 0 Å². The molecule has 1 saturated carbocycles. The molecule has 1 saturated heterocycles. The van der Waals surface area contributed by atoms with Crippen LogP contribution in [-0.2, 0) is 19.1 Å². The number of carbonyl (C=O) groups excluding carboxylic acids is 2. The Hall–Kier alpha value is -1.58. The van der Waals surface area contributed by atoms with Gasteiger partial charge in [-0.1, -0.05) is 38.0 Å². The first-order chi connectivity index (χ1) is 10.1. The third kappa shape index (κ3) is 3.04. The van der Waals surface area contributed by atoms with Gasteiger partial charge in [0.2, 0.25) is 0 Å². The van der Waals surface area contributed by atoms with Crippen LogP contribution in [0.25, 0.3) is 0 Å². The number of carbonyl (C=O) groups is 2. The van der Waals surface area contributed by atoms with Crippen LogP contribution < -0.4 is 0 Å². The second-order valence-corrected chi connectivity index (χ2v) is 6.35. The molecule has 1 heterocycles. The number of hydrogen-bond donors (Lipinski definition) is 0. The summed E-state index contributed by atoms with van der Waals surface area (Å²) in [5.41, 5.74) is 0.632. The molecule has 4 nitrogen and oxygen atoms in total. The van der Waals surface area contributed by atoms with Crippen molar-refractivity contribution in [1.29, 1.82) is 0 Å². The summed E-state index contributed by atoms with van der Waals surface area (Å²) in [7, 11) is 0. The number of esters is 2. The van der Waals surface area contributed by atoms with Gasteiger partial charge in [-0.2, -0.15) is 0 Å². The van der Waals surface area contributed by atoms with Crippen LogP contribution in [0.1, 0.15) is 32.6 Å². The highest BCUT2D eigenvalue weighted by Gasteiger charge is 2.36. The highest BCUT2D eigenvalue weighted by molar-refractivity contribution is 5.90. The standard InChI is InChI=1S/C17H22O4/c1-11-6-7-13-10-20-16(18)14-5-3-2-4-12(14)9-21-17(19)15(13)8-11/h6-8,11-14H,2-5,9-10H2,1H3/t11-,12+,13-,14-/m1/s1. The number of cyclic esters (lactones) is 2. The molecule has 0 radical (unpaired) electrons. The summed E-state index contributed by atoms with van der Waals surface area (Å²) in [6.07, 6.45) is 9.83. The van der Waals surface area contributed by atoms with Crippen molar-refractivity contribution >= 4 is 11.9 Å². The molecule has 0 spiro atoms. The Bertz CT molecular complexity index is 491. The van der Waals surface area contributed by atoms with E-state index in [1.165, 1.54) is 0 Å². The van der Waals surface area contributed by atoms with Crippen molar-refractivity contribution in [1.82, 2.24) is 0 Å². The summed E-state index contributed by atoms with van der Waals surface area (Å²) in [6, 6.07) is 0. The van der Waals surface area contributed by atoms with Crippen LogP contribution in [0.4, 0.5) is 0 Å². The van der Waals surface area contributed by atoms with Gasteiger partial charge in [-0.05, 0) is 18.8 Å². The molecule has 0 amide bonds. The summed E-state index contributed by atoms with van der Waals surface area (Å²) in [6.45, 7) is 2.60. The van der Waals surface area contributed by atoms with Gasteiger partial charge in [0.05, 0.1) is 12.5 Å². The van der Waals surface area contributed by atoms with Gasteiger partial charge < -0.3 is 9.47 Å². The number of allylic oxidation sites excluding steroid dienone is 2. The van der Waals surface area contributed by atoms with Crippen LogP contribution in [0.3, 0.4) is 0 Å². The SMILES string of the molecule is C[C@@H]1C=C[C@@H]2COC(=O)[C@@H]3CCCC[C@H]3COC(=O)C2=C1. The zero-order chi connectivity index (χ0) is 14.8. The second-order valence-electron chi connectivity index (χ2n) is 6.35. The van der Waals surface area contributed by atoms with Crippen molar-refractivity contribution in [3.05, 3.63) is 23.8 Å². The molecule has 0 aromatic carbocycles. The first-order valence-corrected chi connectivity index (χ1v) is 7.89. The highest BCUT2D eigenvalue weighted by Crippen LogP contribution is 2.33. The predicted octanol–water partition coefficient (Wildman–Crippen LogP) is 2.64. The van der Waals surface area contributed by atoms with E-state index in [0.717, 1.165) is 25.7 Å². The minimum Gasteiger partial charge on any atom is -0.464 e. The molecule has 1 aliphatic heterocycles. The molecule has 0 N–H and O–H groups in total. The van der Waals surface area contributed by atoms with Gasteiger partial charge >= 0.3 is 11.9 Å². The number of hydrogen-bond acceptors (Lipinski definition) is 4. The molecule has 0 unspecified atom stereocenters. The number of fused-ring (bicyclic) bond motifs is 2. The minimum absolute atomic E-state index is 0.108. The minimum atomic E-state index is -0.251. The van der Waals surface area contributed by atoms with Gasteiger partial charge in [0.1, 0.15) is 6.61 Å². The van der Waals surface area contributed by atoms with Gasteiger partial charge in [-0.25, -0.2) is 4.79 Å². The normalized spacial score (nSPS) is 36.7. The Labute approximate surface area is 125 Å². The fraction of sp³-hybridized carbons (Fsp3) is 0.647. The lowest BCUT2D eigenvalue weighted by Crippen LogP contribution is -2.36. The maximum absolute atomic E-state index is 12.3. The molecule has 4 atom stereocenters. The van der Waals surface area contributed by atoms with E-state index < -0.39 is 0 Å². The van der Waals surface area contributed by atoms with Gasteiger partial charge in [0.15, 0.2) is 0 Å². The van der Waals surface area contributed by atoms with E-state index in [4.69, 9.17) is 9.47 Å².